The molecule has 0 aromatic carbocycles. The molecule has 3 N–H and O–H groups in total. The van der Waals surface area contributed by atoms with Crippen molar-refractivity contribution < 1.29 is 4.79 Å². The molecule has 1 amide bonds. The molecule has 110 valence electrons. The van der Waals surface area contributed by atoms with Gasteiger partial charge in [0.2, 0.25) is 5.91 Å². The van der Waals surface area contributed by atoms with E-state index in [1.165, 1.54) is 28.3 Å². The van der Waals surface area contributed by atoms with Gasteiger partial charge in [-0.25, -0.2) is 4.98 Å². The minimum Gasteiger partial charge on any atom is -0.383 e. The molecule has 8 heteroatoms. The maximum atomic E-state index is 12.2. The third-order valence-corrected chi connectivity index (χ3v) is 5.11. The fourth-order valence-electron chi connectivity index (χ4n) is 2.20. The number of thioether (sulfide) groups is 1. The van der Waals surface area contributed by atoms with Crippen molar-refractivity contribution in [3.05, 3.63) is 38.3 Å². The Morgan fingerprint density at radius 2 is 2.43 bits per heavy atom. The summed E-state index contributed by atoms with van der Waals surface area (Å²) in [5.74, 6) is 0.447. The molecule has 0 saturated heterocycles. The fourth-order valence-corrected chi connectivity index (χ4v) is 3.88. The number of nitrogen functional groups attached to an aromatic ring is 1. The van der Waals surface area contributed by atoms with Crippen LogP contribution in [0.15, 0.2) is 27.5 Å². The second-order valence-electron chi connectivity index (χ2n) is 4.70. The van der Waals surface area contributed by atoms with Gasteiger partial charge in [-0.1, -0.05) is 11.8 Å². The van der Waals surface area contributed by atoms with Crippen LogP contribution >= 0.6 is 23.1 Å². The van der Waals surface area contributed by atoms with Crippen LogP contribution in [0, 0.1) is 0 Å². The normalized spacial score (nSPS) is 14.0. The number of carbonyl (C=O) groups excluding carboxylic acids is 1. The van der Waals surface area contributed by atoms with E-state index in [1.54, 1.807) is 11.3 Å². The quantitative estimate of drug-likeness (QED) is 0.652. The summed E-state index contributed by atoms with van der Waals surface area (Å²) in [6.45, 7) is 1.41. The third-order valence-electron chi connectivity index (χ3n) is 3.23. The van der Waals surface area contributed by atoms with E-state index in [4.69, 9.17) is 5.73 Å². The topological polar surface area (TPSA) is 92.1 Å². The van der Waals surface area contributed by atoms with Crippen LogP contribution in [0.1, 0.15) is 10.4 Å². The van der Waals surface area contributed by atoms with Crippen LogP contribution in [-0.4, -0.2) is 33.1 Å². The van der Waals surface area contributed by atoms with E-state index in [1.807, 2.05) is 4.90 Å². The number of carbonyl (C=O) groups is 1. The number of thiophene rings is 1. The summed E-state index contributed by atoms with van der Waals surface area (Å²) in [6, 6.07) is 3.29. The van der Waals surface area contributed by atoms with E-state index in [0.717, 1.165) is 13.0 Å². The lowest BCUT2D eigenvalue weighted by Gasteiger charge is -2.26. The lowest BCUT2D eigenvalue weighted by molar-refractivity contribution is -0.129. The average molecular weight is 322 g/mol. The first-order valence-corrected chi connectivity index (χ1v) is 8.31. The predicted octanol–water partition coefficient (Wildman–Crippen LogP) is 1.09. The highest BCUT2D eigenvalue weighted by atomic mass is 32.2. The summed E-state index contributed by atoms with van der Waals surface area (Å²) in [5.41, 5.74) is 6.44. The van der Waals surface area contributed by atoms with Gasteiger partial charge >= 0.3 is 0 Å². The first kappa shape index (κ1) is 14.2. The van der Waals surface area contributed by atoms with Crippen molar-refractivity contribution in [2.24, 2.45) is 0 Å². The molecular weight excluding hydrogens is 308 g/mol. The van der Waals surface area contributed by atoms with Crippen LogP contribution in [0.25, 0.3) is 0 Å². The van der Waals surface area contributed by atoms with Crippen LogP contribution in [-0.2, 0) is 17.8 Å². The smallest absolute Gasteiger partial charge is 0.253 e. The van der Waals surface area contributed by atoms with Crippen LogP contribution in [0.2, 0.25) is 0 Å². The number of nitrogens with zero attached hydrogens (tertiary/aromatic N) is 2. The van der Waals surface area contributed by atoms with Gasteiger partial charge in [-0.05, 0) is 23.4 Å². The summed E-state index contributed by atoms with van der Waals surface area (Å²) in [6.07, 6.45) is 0.913. The van der Waals surface area contributed by atoms with Gasteiger partial charge in [-0.15, -0.1) is 11.3 Å². The monoisotopic (exact) mass is 322 g/mol. The molecule has 0 bridgehead atoms. The van der Waals surface area contributed by atoms with Gasteiger partial charge in [-0.3, -0.25) is 9.59 Å². The summed E-state index contributed by atoms with van der Waals surface area (Å²) in [5, 5.41) is 2.44. The molecule has 0 aliphatic carbocycles. The Bertz CT molecular complexity index is 725. The van der Waals surface area contributed by atoms with Crippen molar-refractivity contribution in [3.63, 3.8) is 0 Å². The van der Waals surface area contributed by atoms with Crippen molar-refractivity contribution >= 4 is 34.8 Å². The summed E-state index contributed by atoms with van der Waals surface area (Å²) >= 11 is 2.94. The largest absolute Gasteiger partial charge is 0.383 e. The van der Waals surface area contributed by atoms with E-state index in [2.05, 4.69) is 21.4 Å². The van der Waals surface area contributed by atoms with Gasteiger partial charge in [0.25, 0.3) is 5.56 Å². The Morgan fingerprint density at radius 3 is 3.24 bits per heavy atom. The Morgan fingerprint density at radius 1 is 1.57 bits per heavy atom. The second kappa shape index (κ2) is 5.90. The SMILES string of the molecule is Nc1cc(=O)[nH]c(SCC(=O)N2CCc3sccc3C2)n1. The highest BCUT2D eigenvalue weighted by Gasteiger charge is 2.21. The molecule has 1 aliphatic rings. The van der Waals surface area contributed by atoms with Crippen molar-refractivity contribution in [2.75, 3.05) is 18.0 Å². The molecule has 21 heavy (non-hydrogen) atoms. The van der Waals surface area contributed by atoms with E-state index < -0.39 is 0 Å². The molecule has 1 aliphatic heterocycles. The first-order valence-electron chi connectivity index (χ1n) is 6.44. The zero-order chi connectivity index (χ0) is 14.8. The predicted molar refractivity (Wildman–Crippen MR) is 83.4 cm³/mol. The van der Waals surface area contributed by atoms with Crippen LogP contribution in [0.5, 0.6) is 0 Å². The molecule has 0 radical (unpaired) electrons. The number of rotatable bonds is 3. The molecule has 0 spiro atoms. The van der Waals surface area contributed by atoms with Crippen LogP contribution in [0.3, 0.4) is 0 Å². The number of hydrogen-bond donors (Lipinski definition) is 2. The number of anilines is 1. The van der Waals surface area contributed by atoms with Gasteiger partial charge in [0.05, 0.1) is 5.75 Å². The van der Waals surface area contributed by atoms with Crippen molar-refractivity contribution in [2.45, 2.75) is 18.1 Å². The van der Waals surface area contributed by atoms with Crippen LogP contribution in [0.4, 0.5) is 5.82 Å². The number of aromatic amines is 1. The number of H-pyrrole nitrogens is 1. The number of nitrogens with two attached hydrogens (primary N) is 1. The molecule has 0 unspecified atom stereocenters. The molecule has 0 atom stereocenters. The molecule has 6 nitrogen and oxygen atoms in total. The number of hydrogen-bond acceptors (Lipinski definition) is 6. The van der Waals surface area contributed by atoms with E-state index in [0.29, 0.717) is 11.7 Å². The lowest BCUT2D eigenvalue weighted by atomic mass is 10.1. The number of aromatic nitrogens is 2. The van der Waals surface area contributed by atoms with Crippen molar-refractivity contribution in [1.29, 1.82) is 0 Å². The standard InChI is InChI=1S/C13H14N4O2S2/c14-10-5-11(18)16-13(15-10)21-7-12(19)17-3-1-9-8(6-17)2-4-20-9/h2,4-5H,1,3,6-7H2,(H3,14,15,16,18). The van der Waals surface area contributed by atoms with Gasteiger partial charge in [0.15, 0.2) is 5.16 Å². The molecule has 3 heterocycles. The van der Waals surface area contributed by atoms with E-state index in [9.17, 15) is 9.59 Å². The number of amides is 1. The third kappa shape index (κ3) is 3.27. The van der Waals surface area contributed by atoms with Crippen molar-refractivity contribution in [3.8, 4) is 0 Å². The minimum absolute atomic E-state index is 0.0434. The fraction of sp³-hybridized carbons (Fsp3) is 0.308. The zero-order valence-corrected chi connectivity index (χ0v) is 12.8. The molecule has 2 aromatic heterocycles. The van der Waals surface area contributed by atoms with Crippen molar-refractivity contribution in [1.82, 2.24) is 14.9 Å². The zero-order valence-electron chi connectivity index (χ0n) is 11.2. The molecule has 2 aromatic rings. The van der Waals surface area contributed by atoms with Gasteiger partial charge < -0.3 is 15.6 Å². The molecular formula is C13H14N4O2S2. The molecule has 0 saturated carbocycles. The summed E-state index contributed by atoms with van der Waals surface area (Å²) in [7, 11) is 0. The maximum absolute atomic E-state index is 12.2. The number of nitrogens with one attached hydrogen (secondary N) is 1. The average Bonchev–Trinajstić information content (AvgIpc) is 2.91. The summed E-state index contributed by atoms with van der Waals surface area (Å²) < 4.78 is 0. The first-order chi connectivity index (χ1) is 10.1. The Balaban J connectivity index is 1.61. The minimum atomic E-state index is -0.307. The van der Waals surface area contributed by atoms with E-state index >= 15 is 0 Å². The highest BCUT2D eigenvalue weighted by molar-refractivity contribution is 7.99. The van der Waals surface area contributed by atoms with Gasteiger partial charge in [0, 0.05) is 24.0 Å². The molecule has 3 rings (SSSR count). The second-order valence-corrected chi connectivity index (χ2v) is 6.66. The Labute approximate surface area is 129 Å². The Kier molecular flexibility index (Phi) is 3.98. The van der Waals surface area contributed by atoms with Crippen LogP contribution < -0.4 is 11.3 Å². The summed E-state index contributed by atoms with van der Waals surface area (Å²) in [4.78, 5) is 33.3. The van der Waals surface area contributed by atoms with E-state index in [-0.39, 0.29) is 23.0 Å². The van der Waals surface area contributed by atoms with Gasteiger partial charge in [-0.2, -0.15) is 0 Å². The maximum Gasteiger partial charge on any atom is 0.253 e. The number of fused-ring (bicyclic) bond motifs is 1. The molecule has 0 fully saturated rings. The Hall–Kier alpha value is -1.80. The highest BCUT2D eigenvalue weighted by Crippen LogP contribution is 2.24. The van der Waals surface area contributed by atoms with Gasteiger partial charge in [0.1, 0.15) is 5.82 Å². The lowest BCUT2D eigenvalue weighted by Crippen LogP contribution is -2.36.